The fourth-order valence-electron chi connectivity index (χ4n) is 3.95. The lowest BCUT2D eigenvalue weighted by atomic mass is 9.90. The van der Waals surface area contributed by atoms with E-state index >= 15 is 0 Å². The average Bonchev–Trinajstić information content (AvgIpc) is 3.34. The number of rotatable bonds is 8. The number of urea groups is 1. The fourth-order valence-corrected chi connectivity index (χ4v) is 4.76. The van der Waals surface area contributed by atoms with Crippen molar-refractivity contribution < 1.29 is 19.1 Å². The van der Waals surface area contributed by atoms with E-state index in [1.54, 1.807) is 48.9 Å². The molecule has 1 heterocycles. The zero-order chi connectivity index (χ0) is 24.6. The Labute approximate surface area is 213 Å². The molecule has 2 aromatic carbocycles. The second-order valence-corrected chi connectivity index (χ2v) is 9.52. The molecule has 0 spiro atoms. The van der Waals surface area contributed by atoms with Crippen LogP contribution in [0.3, 0.4) is 0 Å². The summed E-state index contributed by atoms with van der Waals surface area (Å²) in [5.41, 5.74) is 0.923. The van der Waals surface area contributed by atoms with Crippen LogP contribution in [-0.2, 0) is 6.61 Å². The summed E-state index contributed by atoms with van der Waals surface area (Å²) in [6, 6.07) is 13.6. The number of aromatic nitrogens is 1. The zero-order valence-corrected chi connectivity index (χ0v) is 20.8. The Hall–Kier alpha value is -3.30. The highest BCUT2D eigenvalue weighted by molar-refractivity contribution is 7.09. The quantitative estimate of drug-likeness (QED) is 0.381. The molecule has 2 atom stereocenters. The second kappa shape index (κ2) is 11.9. The molecule has 1 saturated carbocycles. The van der Waals surface area contributed by atoms with Crippen LogP contribution >= 0.6 is 22.9 Å². The summed E-state index contributed by atoms with van der Waals surface area (Å²) < 4.78 is 11.0. The maximum atomic E-state index is 12.9. The smallest absolute Gasteiger partial charge is 0.319 e. The number of amides is 3. The summed E-state index contributed by atoms with van der Waals surface area (Å²) in [5.74, 6) is 0.997. The summed E-state index contributed by atoms with van der Waals surface area (Å²) >= 11 is 7.26. The molecule has 0 bridgehead atoms. The van der Waals surface area contributed by atoms with Crippen LogP contribution in [0.15, 0.2) is 53.9 Å². The highest BCUT2D eigenvalue weighted by atomic mass is 35.5. The van der Waals surface area contributed by atoms with Crippen LogP contribution in [-0.4, -0.2) is 36.1 Å². The lowest BCUT2D eigenvalue weighted by molar-refractivity contribution is 0.0911. The Morgan fingerprint density at radius 3 is 2.51 bits per heavy atom. The van der Waals surface area contributed by atoms with Crippen molar-refractivity contribution in [2.45, 2.75) is 44.4 Å². The molecule has 0 saturated heterocycles. The van der Waals surface area contributed by atoms with Crippen molar-refractivity contribution in [3.05, 3.63) is 69.6 Å². The normalized spacial score (nSPS) is 17.3. The van der Waals surface area contributed by atoms with Crippen molar-refractivity contribution in [2.24, 2.45) is 0 Å². The summed E-state index contributed by atoms with van der Waals surface area (Å²) in [7, 11) is 1.55. The molecule has 3 aromatic rings. The molecule has 1 aliphatic rings. The fraction of sp³-hybridized carbons (Fsp3) is 0.320. The number of ether oxygens (including phenoxy) is 2. The number of thiazole rings is 1. The molecular formula is C25H27ClN4O4S. The largest absolute Gasteiger partial charge is 0.495 e. The molecule has 1 aliphatic carbocycles. The first-order chi connectivity index (χ1) is 17.0. The van der Waals surface area contributed by atoms with Crippen LogP contribution < -0.4 is 25.4 Å². The van der Waals surface area contributed by atoms with Gasteiger partial charge in [-0.05, 0) is 49.2 Å². The molecule has 4 rings (SSSR count). The van der Waals surface area contributed by atoms with Gasteiger partial charge in [-0.3, -0.25) is 4.79 Å². The van der Waals surface area contributed by atoms with Gasteiger partial charge in [0.2, 0.25) is 0 Å². The molecule has 3 amide bonds. The Morgan fingerprint density at radius 1 is 1.06 bits per heavy atom. The van der Waals surface area contributed by atoms with E-state index in [4.69, 9.17) is 21.1 Å². The van der Waals surface area contributed by atoms with Crippen molar-refractivity contribution in [3.63, 3.8) is 0 Å². The molecule has 0 unspecified atom stereocenters. The third-order valence-electron chi connectivity index (χ3n) is 5.71. The number of hydrogen-bond acceptors (Lipinski definition) is 6. The number of para-hydroxylation sites is 2. The van der Waals surface area contributed by atoms with Gasteiger partial charge in [0, 0.05) is 16.4 Å². The van der Waals surface area contributed by atoms with Crippen LogP contribution in [0.5, 0.6) is 11.5 Å². The van der Waals surface area contributed by atoms with Crippen molar-refractivity contribution in [2.75, 3.05) is 12.4 Å². The van der Waals surface area contributed by atoms with E-state index in [9.17, 15) is 9.59 Å². The Bertz CT molecular complexity index is 1150. The lowest BCUT2D eigenvalue weighted by Gasteiger charge is -2.32. The van der Waals surface area contributed by atoms with Crippen LogP contribution in [0.4, 0.5) is 10.5 Å². The first-order valence-electron chi connectivity index (χ1n) is 11.4. The van der Waals surface area contributed by atoms with Gasteiger partial charge in [-0.1, -0.05) is 36.6 Å². The van der Waals surface area contributed by atoms with E-state index < -0.39 is 0 Å². The molecule has 0 radical (unpaired) electrons. The lowest BCUT2D eigenvalue weighted by Crippen LogP contribution is -2.54. The van der Waals surface area contributed by atoms with Crippen LogP contribution in [0.1, 0.15) is 41.2 Å². The van der Waals surface area contributed by atoms with Crippen LogP contribution in [0.2, 0.25) is 5.02 Å². The predicted molar refractivity (Wildman–Crippen MR) is 137 cm³/mol. The minimum atomic E-state index is -0.337. The monoisotopic (exact) mass is 514 g/mol. The van der Waals surface area contributed by atoms with Gasteiger partial charge in [0.1, 0.15) is 28.8 Å². The van der Waals surface area contributed by atoms with Gasteiger partial charge >= 0.3 is 6.03 Å². The number of benzene rings is 2. The number of nitrogens with zero attached hydrogens (tertiary/aromatic N) is 1. The molecule has 184 valence electrons. The van der Waals surface area contributed by atoms with Gasteiger partial charge in [-0.2, -0.15) is 0 Å². The first kappa shape index (κ1) is 24.8. The molecule has 3 N–H and O–H groups in total. The van der Waals surface area contributed by atoms with Crippen molar-refractivity contribution >= 4 is 40.6 Å². The average molecular weight is 515 g/mol. The number of carbonyl (C=O) groups excluding carboxylic acids is 2. The summed E-state index contributed by atoms with van der Waals surface area (Å²) in [6.45, 7) is 0.260. The third-order valence-corrected chi connectivity index (χ3v) is 6.79. The highest BCUT2D eigenvalue weighted by Gasteiger charge is 2.29. The molecule has 35 heavy (non-hydrogen) atoms. The number of carbonyl (C=O) groups is 2. The van der Waals surface area contributed by atoms with Gasteiger partial charge in [-0.15, -0.1) is 11.3 Å². The van der Waals surface area contributed by atoms with E-state index in [-0.39, 0.29) is 30.6 Å². The second-order valence-electron chi connectivity index (χ2n) is 8.14. The van der Waals surface area contributed by atoms with E-state index in [2.05, 4.69) is 20.9 Å². The first-order valence-corrected chi connectivity index (χ1v) is 12.6. The van der Waals surface area contributed by atoms with Crippen molar-refractivity contribution in [3.8, 4) is 11.5 Å². The highest BCUT2D eigenvalue weighted by Crippen LogP contribution is 2.24. The third kappa shape index (κ3) is 6.86. The summed E-state index contributed by atoms with van der Waals surface area (Å²) in [6.07, 6.45) is 3.52. The van der Waals surface area contributed by atoms with Gasteiger partial charge in [-0.25, -0.2) is 9.78 Å². The zero-order valence-electron chi connectivity index (χ0n) is 19.3. The Kier molecular flexibility index (Phi) is 8.44. The maximum Gasteiger partial charge on any atom is 0.319 e. The maximum absolute atomic E-state index is 12.9. The summed E-state index contributed by atoms with van der Waals surface area (Å²) in [5, 5.41) is 11.9. The molecule has 10 heteroatoms. The van der Waals surface area contributed by atoms with Gasteiger partial charge in [0.25, 0.3) is 5.91 Å². The predicted octanol–water partition coefficient (Wildman–Crippen LogP) is 5.25. The van der Waals surface area contributed by atoms with Crippen LogP contribution in [0, 0.1) is 0 Å². The van der Waals surface area contributed by atoms with Gasteiger partial charge in [0.05, 0.1) is 18.8 Å². The van der Waals surface area contributed by atoms with E-state index in [0.717, 1.165) is 25.7 Å². The van der Waals surface area contributed by atoms with Crippen LogP contribution in [0.25, 0.3) is 0 Å². The molecule has 1 aromatic heterocycles. The Morgan fingerprint density at radius 2 is 1.77 bits per heavy atom. The number of hydrogen-bond donors (Lipinski definition) is 3. The molecule has 8 nitrogen and oxygen atoms in total. The minimum Gasteiger partial charge on any atom is -0.495 e. The van der Waals surface area contributed by atoms with Gasteiger partial charge in [0.15, 0.2) is 0 Å². The number of nitrogens with one attached hydrogen (secondary N) is 3. The van der Waals surface area contributed by atoms with Crippen molar-refractivity contribution in [1.82, 2.24) is 15.6 Å². The van der Waals surface area contributed by atoms with E-state index in [1.807, 2.05) is 12.1 Å². The number of methoxy groups -OCH3 is 1. The number of halogens is 1. The summed E-state index contributed by atoms with van der Waals surface area (Å²) in [4.78, 5) is 29.9. The molecular weight excluding hydrogens is 488 g/mol. The van der Waals surface area contributed by atoms with Crippen molar-refractivity contribution in [1.29, 1.82) is 0 Å². The van der Waals surface area contributed by atoms with E-state index in [0.29, 0.717) is 32.9 Å². The number of anilines is 1. The van der Waals surface area contributed by atoms with Gasteiger partial charge < -0.3 is 25.4 Å². The topological polar surface area (TPSA) is 102 Å². The Balaban J connectivity index is 1.32. The molecule has 0 aliphatic heterocycles. The minimum absolute atomic E-state index is 0.185. The SMILES string of the molecule is COc1ccccc1NC(=O)N[C@@H]1CCCC[C@H]1NC(=O)c1csc(COc2ccc(Cl)cc2)n1. The standard InChI is InChI=1S/C25H27ClN4O4S/c1-33-22-9-5-4-8-20(22)30-25(32)29-19-7-3-2-6-18(19)28-24(31)21-15-35-23(27-21)14-34-17-12-10-16(26)11-13-17/h4-5,8-13,15,18-19H,2-3,6-7,14H2,1H3,(H,28,31)(H2,29,30,32)/t18-,19-/m1/s1. The van der Waals surface area contributed by atoms with E-state index in [1.165, 1.54) is 11.3 Å². The molecule has 1 fully saturated rings.